The Hall–Kier alpha value is -1.03. The number of aromatic amines is 1. The van der Waals surface area contributed by atoms with Crippen LogP contribution < -0.4 is 5.73 Å². The second kappa shape index (κ2) is 1.98. The molecule has 54 valence electrons. The molecule has 1 aromatic heterocycles. The molecule has 1 fully saturated rings. The lowest BCUT2D eigenvalue weighted by Crippen LogP contribution is -2.26. The number of hydrogen-bond acceptors (Lipinski definition) is 3. The van der Waals surface area contributed by atoms with E-state index in [2.05, 4.69) is 10.2 Å². The summed E-state index contributed by atoms with van der Waals surface area (Å²) in [5, 5.41) is 6.72. The van der Waals surface area contributed by atoms with E-state index in [0.717, 1.165) is 24.6 Å². The van der Waals surface area contributed by atoms with Gasteiger partial charge in [0.15, 0.2) is 0 Å². The highest BCUT2D eigenvalue weighted by molar-refractivity contribution is 5.42. The summed E-state index contributed by atoms with van der Waals surface area (Å²) in [5.41, 5.74) is 7.30. The quantitative estimate of drug-likeness (QED) is 0.580. The molecular weight excluding hydrogens is 130 g/mol. The molecule has 0 saturated carbocycles. The largest absolute Gasteiger partial charge is 0.396 e. The molecule has 4 heteroatoms. The predicted molar refractivity (Wildman–Crippen MR) is 36.6 cm³/mol. The zero-order valence-electron chi connectivity index (χ0n) is 5.50. The van der Waals surface area contributed by atoms with Crippen LogP contribution in [-0.2, 0) is 4.74 Å². The van der Waals surface area contributed by atoms with Crippen molar-refractivity contribution in [3.63, 3.8) is 0 Å². The minimum absolute atomic E-state index is 0.422. The molecule has 0 amide bonds. The molecule has 1 aliphatic heterocycles. The smallest absolute Gasteiger partial charge is 0.0928 e. The third-order valence-electron chi connectivity index (χ3n) is 1.73. The van der Waals surface area contributed by atoms with Gasteiger partial charge in [-0.05, 0) is 0 Å². The monoisotopic (exact) mass is 139 g/mol. The SMILES string of the molecule is Nc1c[nH]nc1C1COC1. The molecule has 3 N–H and O–H groups in total. The van der Waals surface area contributed by atoms with E-state index in [4.69, 9.17) is 10.5 Å². The number of hydrogen-bond donors (Lipinski definition) is 2. The van der Waals surface area contributed by atoms with E-state index in [9.17, 15) is 0 Å². The summed E-state index contributed by atoms with van der Waals surface area (Å²) < 4.78 is 5.00. The van der Waals surface area contributed by atoms with Gasteiger partial charge in [-0.15, -0.1) is 0 Å². The van der Waals surface area contributed by atoms with Crippen molar-refractivity contribution >= 4 is 5.69 Å². The lowest BCUT2D eigenvalue weighted by molar-refractivity contribution is 0.00698. The summed E-state index contributed by atoms with van der Waals surface area (Å²) in [6.07, 6.45) is 1.70. The van der Waals surface area contributed by atoms with Crippen molar-refractivity contribution in [2.24, 2.45) is 0 Å². The van der Waals surface area contributed by atoms with E-state index in [-0.39, 0.29) is 0 Å². The fourth-order valence-corrected chi connectivity index (χ4v) is 1.03. The van der Waals surface area contributed by atoms with Crippen LogP contribution in [-0.4, -0.2) is 23.4 Å². The first-order chi connectivity index (χ1) is 4.88. The third-order valence-corrected chi connectivity index (χ3v) is 1.73. The van der Waals surface area contributed by atoms with Crippen LogP contribution in [0.3, 0.4) is 0 Å². The Morgan fingerprint density at radius 2 is 2.50 bits per heavy atom. The molecule has 0 bridgehead atoms. The fourth-order valence-electron chi connectivity index (χ4n) is 1.03. The zero-order chi connectivity index (χ0) is 6.97. The summed E-state index contributed by atoms with van der Waals surface area (Å²) in [7, 11) is 0. The molecule has 2 heterocycles. The number of anilines is 1. The number of nitrogens with two attached hydrogens (primary N) is 1. The van der Waals surface area contributed by atoms with Crippen molar-refractivity contribution in [1.82, 2.24) is 10.2 Å². The molecule has 0 spiro atoms. The maximum absolute atomic E-state index is 5.60. The van der Waals surface area contributed by atoms with E-state index < -0.39 is 0 Å². The number of nitrogen functional groups attached to an aromatic ring is 1. The van der Waals surface area contributed by atoms with Gasteiger partial charge >= 0.3 is 0 Å². The fraction of sp³-hybridized carbons (Fsp3) is 0.500. The molecule has 0 atom stereocenters. The van der Waals surface area contributed by atoms with Gasteiger partial charge in [0.25, 0.3) is 0 Å². The van der Waals surface area contributed by atoms with Gasteiger partial charge in [-0.1, -0.05) is 0 Å². The molecule has 4 nitrogen and oxygen atoms in total. The number of nitrogens with one attached hydrogen (secondary N) is 1. The van der Waals surface area contributed by atoms with E-state index in [0.29, 0.717) is 5.92 Å². The van der Waals surface area contributed by atoms with Gasteiger partial charge in [0.05, 0.1) is 30.5 Å². The number of ether oxygens (including phenoxy) is 1. The Morgan fingerprint density at radius 3 is 2.90 bits per heavy atom. The normalized spacial score (nSPS) is 18.8. The topological polar surface area (TPSA) is 63.9 Å². The minimum Gasteiger partial charge on any atom is -0.396 e. The number of H-pyrrole nitrogens is 1. The van der Waals surface area contributed by atoms with Crippen LogP contribution in [0.25, 0.3) is 0 Å². The van der Waals surface area contributed by atoms with E-state index in [1.807, 2.05) is 0 Å². The van der Waals surface area contributed by atoms with Gasteiger partial charge in [0.2, 0.25) is 0 Å². The average molecular weight is 139 g/mol. The Labute approximate surface area is 58.4 Å². The molecule has 0 unspecified atom stereocenters. The third kappa shape index (κ3) is 0.690. The van der Waals surface area contributed by atoms with Gasteiger partial charge < -0.3 is 10.5 Å². The maximum Gasteiger partial charge on any atom is 0.0928 e. The van der Waals surface area contributed by atoms with Crippen molar-refractivity contribution in [1.29, 1.82) is 0 Å². The van der Waals surface area contributed by atoms with E-state index >= 15 is 0 Å². The second-order valence-corrected chi connectivity index (χ2v) is 2.46. The van der Waals surface area contributed by atoms with Crippen molar-refractivity contribution in [3.8, 4) is 0 Å². The highest BCUT2D eigenvalue weighted by Crippen LogP contribution is 2.25. The minimum atomic E-state index is 0.422. The Balaban J connectivity index is 2.23. The van der Waals surface area contributed by atoms with Gasteiger partial charge in [0, 0.05) is 6.20 Å². The van der Waals surface area contributed by atoms with Crippen LogP contribution in [0.2, 0.25) is 0 Å². The van der Waals surface area contributed by atoms with Gasteiger partial charge in [-0.2, -0.15) is 5.10 Å². The van der Waals surface area contributed by atoms with Gasteiger partial charge in [-0.25, -0.2) is 0 Å². The summed E-state index contributed by atoms with van der Waals surface area (Å²) in [6.45, 7) is 1.52. The van der Waals surface area contributed by atoms with Crippen LogP contribution in [0.15, 0.2) is 6.20 Å². The van der Waals surface area contributed by atoms with Gasteiger partial charge in [-0.3, -0.25) is 5.10 Å². The number of aromatic nitrogens is 2. The summed E-state index contributed by atoms with van der Waals surface area (Å²) in [4.78, 5) is 0. The number of nitrogens with zero attached hydrogens (tertiary/aromatic N) is 1. The van der Waals surface area contributed by atoms with Gasteiger partial charge in [0.1, 0.15) is 0 Å². The lowest BCUT2D eigenvalue weighted by Gasteiger charge is -2.24. The van der Waals surface area contributed by atoms with Crippen molar-refractivity contribution in [2.75, 3.05) is 18.9 Å². The van der Waals surface area contributed by atoms with Crippen LogP contribution in [0.5, 0.6) is 0 Å². The van der Waals surface area contributed by atoms with E-state index in [1.54, 1.807) is 6.20 Å². The molecule has 1 aromatic rings. The molecule has 10 heavy (non-hydrogen) atoms. The summed E-state index contributed by atoms with van der Waals surface area (Å²) in [6, 6.07) is 0. The first kappa shape index (κ1) is 5.73. The molecule has 0 radical (unpaired) electrons. The number of rotatable bonds is 1. The Bertz CT molecular complexity index is 229. The predicted octanol–water partition coefficient (Wildman–Crippen LogP) is 0.106. The lowest BCUT2D eigenvalue weighted by atomic mass is 10.0. The van der Waals surface area contributed by atoms with Crippen LogP contribution in [0, 0.1) is 0 Å². The first-order valence-corrected chi connectivity index (χ1v) is 3.25. The summed E-state index contributed by atoms with van der Waals surface area (Å²) in [5.74, 6) is 0.422. The highest BCUT2D eigenvalue weighted by Gasteiger charge is 2.24. The van der Waals surface area contributed by atoms with E-state index in [1.165, 1.54) is 0 Å². The molecule has 2 rings (SSSR count). The molecular formula is C6H9N3O. The van der Waals surface area contributed by atoms with Crippen LogP contribution in [0.1, 0.15) is 11.6 Å². The summed E-state index contributed by atoms with van der Waals surface area (Å²) >= 11 is 0. The molecule has 1 aliphatic rings. The maximum atomic E-state index is 5.60. The van der Waals surface area contributed by atoms with Crippen LogP contribution in [0.4, 0.5) is 5.69 Å². The highest BCUT2D eigenvalue weighted by atomic mass is 16.5. The molecule has 0 aromatic carbocycles. The molecule has 0 aliphatic carbocycles. The van der Waals surface area contributed by atoms with Crippen molar-refractivity contribution in [2.45, 2.75) is 5.92 Å². The molecule has 1 saturated heterocycles. The zero-order valence-corrected chi connectivity index (χ0v) is 5.50. The Morgan fingerprint density at radius 1 is 1.70 bits per heavy atom. The first-order valence-electron chi connectivity index (χ1n) is 3.25. The second-order valence-electron chi connectivity index (χ2n) is 2.46. The standard InChI is InChI=1S/C6H9N3O/c7-5-1-8-9-6(5)4-2-10-3-4/h1,4H,2-3,7H2,(H,8,9). The van der Waals surface area contributed by atoms with Crippen molar-refractivity contribution in [3.05, 3.63) is 11.9 Å². The van der Waals surface area contributed by atoms with Crippen molar-refractivity contribution < 1.29 is 4.74 Å². The van der Waals surface area contributed by atoms with Crippen LogP contribution >= 0.6 is 0 Å². The Kier molecular flexibility index (Phi) is 1.14. The average Bonchev–Trinajstić information content (AvgIpc) is 2.12.